The molecule has 0 amide bonds. The first kappa shape index (κ1) is 11.9. The molecule has 0 aromatic heterocycles. The van der Waals surface area contributed by atoms with E-state index in [9.17, 15) is 0 Å². The van der Waals surface area contributed by atoms with Crippen molar-refractivity contribution >= 4 is 22.4 Å². The van der Waals surface area contributed by atoms with Crippen molar-refractivity contribution in [2.24, 2.45) is 10.7 Å². The van der Waals surface area contributed by atoms with E-state index < -0.39 is 0 Å². The third-order valence-corrected chi connectivity index (χ3v) is 3.61. The minimum absolute atomic E-state index is 0.0752. The van der Waals surface area contributed by atoms with Crippen LogP contribution in [0.4, 0.5) is 0 Å². The zero-order chi connectivity index (χ0) is 13.8. The highest BCUT2D eigenvalue weighted by Crippen LogP contribution is 2.34. The second-order valence-corrected chi connectivity index (χ2v) is 5.98. The molecule has 0 radical (unpaired) electrons. The summed E-state index contributed by atoms with van der Waals surface area (Å²) in [5, 5.41) is 10.1. The largest absolute Gasteiger partial charge is 0.383 e. The normalized spacial score (nSPS) is 14.7. The monoisotopic (exact) mass is 251 g/mol. The van der Waals surface area contributed by atoms with Crippen molar-refractivity contribution in [2.45, 2.75) is 26.2 Å². The van der Waals surface area contributed by atoms with E-state index in [1.54, 1.807) is 0 Å². The number of aliphatic imine (C=N–C) groups is 1. The van der Waals surface area contributed by atoms with Gasteiger partial charge in [0.1, 0.15) is 5.84 Å². The molecule has 96 valence electrons. The van der Waals surface area contributed by atoms with E-state index in [2.05, 4.69) is 50.0 Å². The van der Waals surface area contributed by atoms with Gasteiger partial charge in [-0.05, 0) is 27.8 Å². The molecule has 1 aliphatic rings. The van der Waals surface area contributed by atoms with Crippen molar-refractivity contribution < 1.29 is 0 Å². The summed E-state index contributed by atoms with van der Waals surface area (Å²) in [6.45, 7) is 6.61. The summed E-state index contributed by atoms with van der Waals surface area (Å²) in [5.74, 6) is 0.715. The van der Waals surface area contributed by atoms with E-state index in [-0.39, 0.29) is 11.3 Å². The molecule has 0 aliphatic carbocycles. The molecule has 0 saturated carbocycles. The molecule has 0 fully saturated rings. The number of benzene rings is 2. The first-order chi connectivity index (χ1) is 8.89. The van der Waals surface area contributed by atoms with E-state index in [0.29, 0.717) is 5.84 Å². The lowest BCUT2D eigenvalue weighted by Crippen LogP contribution is -2.14. The number of fused-ring (bicyclic) bond motifs is 3. The molecule has 0 atom stereocenters. The highest BCUT2D eigenvalue weighted by atomic mass is 14.9. The second kappa shape index (κ2) is 3.67. The van der Waals surface area contributed by atoms with Crippen LogP contribution in [0, 0.1) is 5.41 Å². The lowest BCUT2D eigenvalue weighted by atomic mass is 9.82. The van der Waals surface area contributed by atoms with E-state index in [0.717, 1.165) is 16.5 Å². The highest BCUT2D eigenvalue weighted by molar-refractivity contribution is 6.26. The molecule has 3 N–H and O–H groups in total. The fraction of sp³-hybridized carbons (Fsp3) is 0.250. The van der Waals surface area contributed by atoms with Gasteiger partial charge in [-0.15, -0.1) is 0 Å². The van der Waals surface area contributed by atoms with Crippen LogP contribution in [-0.4, -0.2) is 11.7 Å². The average molecular weight is 251 g/mol. The minimum Gasteiger partial charge on any atom is -0.383 e. The van der Waals surface area contributed by atoms with Crippen LogP contribution in [0.3, 0.4) is 0 Å². The van der Waals surface area contributed by atoms with Crippen LogP contribution in [0.1, 0.15) is 37.5 Å². The fourth-order valence-electron chi connectivity index (χ4n) is 2.72. The smallest absolute Gasteiger partial charge is 0.154 e. The summed E-state index contributed by atoms with van der Waals surface area (Å²) in [6.07, 6.45) is 0. The molecule has 3 nitrogen and oxygen atoms in total. The molecule has 2 aromatic rings. The van der Waals surface area contributed by atoms with Crippen LogP contribution < -0.4 is 5.73 Å². The first-order valence-corrected chi connectivity index (χ1v) is 6.39. The van der Waals surface area contributed by atoms with Crippen molar-refractivity contribution in [3.63, 3.8) is 0 Å². The second-order valence-electron chi connectivity index (χ2n) is 5.98. The Bertz CT molecular complexity index is 733. The Kier molecular flexibility index (Phi) is 2.30. The lowest BCUT2D eigenvalue weighted by molar-refractivity contribution is 0.596. The zero-order valence-corrected chi connectivity index (χ0v) is 11.4. The van der Waals surface area contributed by atoms with Crippen LogP contribution in [0.5, 0.6) is 0 Å². The van der Waals surface area contributed by atoms with Gasteiger partial charge in [-0.25, -0.2) is 4.99 Å². The standard InChI is InChI=1S/C16H17N3/c1-16(2,3)12-6-4-5-10-9(12)7-8-11-13(10)15(18)19-14(11)17/h4-8H,1-3H3,(H3,17,18,19). The number of hydrogen-bond donors (Lipinski definition) is 2. The van der Waals surface area contributed by atoms with Crippen LogP contribution in [0.2, 0.25) is 0 Å². The Hall–Kier alpha value is -2.16. The molecule has 1 aliphatic heterocycles. The van der Waals surface area contributed by atoms with Crippen molar-refractivity contribution in [3.05, 3.63) is 47.0 Å². The number of hydrogen-bond acceptors (Lipinski definition) is 2. The number of nitrogens with one attached hydrogen (secondary N) is 1. The summed E-state index contributed by atoms with van der Waals surface area (Å²) < 4.78 is 0. The van der Waals surface area contributed by atoms with E-state index in [1.807, 2.05) is 6.07 Å². The summed E-state index contributed by atoms with van der Waals surface area (Å²) in [5.41, 5.74) is 9.08. The third kappa shape index (κ3) is 1.65. The van der Waals surface area contributed by atoms with Gasteiger partial charge in [0.05, 0.1) is 0 Å². The molecule has 3 rings (SSSR count). The SMILES string of the molecule is CC(C)(C)c1cccc2c3c(ccc12)C(=N)N=C3N. The predicted molar refractivity (Wildman–Crippen MR) is 80.2 cm³/mol. The average Bonchev–Trinajstić information content (AvgIpc) is 2.63. The van der Waals surface area contributed by atoms with Gasteiger partial charge in [-0.3, -0.25) is 5.41 Å². The predicted octanol–water partition coefficient (Wildman–Crippen LogP) is 3.18. The van der Waals surface area contributed by atoms with E-state index in [4.69, 9.17) is 11.1 Å². The minimum atomic E-state index is 0.0752. The molecule has 3 heteroatoms. The zero-order valence-electron chi connectivity index (χ0n) is 11.4. The Balaban J connectivity index is 2.43. The molecular formula is C16H17N3. The van der Waals surface area contributed by atoms with Gasteiger partial charge in [0, 0.05) is 11.1 Å². The summed E-state index contributed by atoms with van der Waals surface area (Å²) >= 11 is 0. The van der Waals surface area contributed by atoms with Gasteiger partial charge >= 0.3 is 0 Å². The molecule has 2 aromatic carbocycles. The Labute approximate surface area is 112 Å². The maximum atomic E-state index is 7.85. The van der Waals surface area contributed by atoms with Gasteiger partial charge in [0.15, 0.2) is 5.84 Å². The van der Waals surface area contributed by atoms with Crippen molar-refractivity contribution in [3.8, 4) is 0 Å². The number of nitrogens with two attached hydrogens (primary N) is 1. The molecular weight excluding hydrogens is 234 g/mol. The lowest BCUT2D eigenvalue weighted by Gasteiger charge is -2.22. The first-order valence-electron chi connectivity index (χ1n) is 6.39. The number of rotatable bonds is 0. The quantitative estimate of drug-likeness (QED) is 0.742. The van der Waals surface area contributed by atoms with Gasteiger partial charge in [-0.2, -0.15) is 0 Å². The number of nitrogens with zero attached hydrogens (tertiary/aromatic N) is 1. The van der Waals surface area contributed by atoms with Gasteiger partial charge in [0.25, 0.3) is 0 Å². The molecule has 0 saturated heterocycles. The van der Waals surface area contributed by atoms with Crippen molar-refractivity contribution in [1.29, 1.82) is 5.41 Å². The van der Waals surface area contributed by atoms with Crippen LogP contribution in [0.25, 0.3) is 10.8 Å². The summed E-state index contributed by atoms with van der Waals surface area (Å²) in [6, 6.07) is 10.3. The number of amidine groups is 2. The van der Waals surface area contributed by atoms with Crippen LogP contribution >= 0.6 is 0 Å². The maximum Gasteiger partial charge on any atom is 0.154 e. The molecule has 0 bridgehead atoms. The topological polar surface area (TPSA) is 62.2 Å². The van der Waals surface area contributed by atoms with Crippen LogP contribution in [-0.2, 0) is 5.41 Å². The summed E-state index contributed by atoms with van der Waals surface area (Å²) in [7, 11) is 0. The molecule has 0 unspecified atom stereocenters. The van der Waals surface area contributed by atoms with Crippen molar-refractivity contribution in [2.75, 3.05) is 0 Å². The Morgan fingerprint density at radius 3 is 2.47 bits per heavy atom. The molecule has 0 spiro atoms. The Morgan fingerprint density at radius 2 is 1.79 bits per heavy atom. The molecule has 1 heterocycles. The Morgan fingerprint density at radius 1 is 1.05 bits per heavy atom. The van der Waals surface area contributed by atoms with Crippen molar-refractivity contribution in [1.82, 2.24) is 0 Å². The van der Waals surface area contributed by atoms with Gasteiger partial charge < -0.3 is 5.73 Å². The highest BCUT2D eigenvalue weighted by Gasteiger charge is 2.23. The summed E-state index contributed by atoms with van der Waals surface area (Å²) in [4.78, 5) is 4.08. The van der Waals surface area contributed by atoms with Crippen LogP contribution in [0.15, 0.2) is 35.3 Å². The van der Waals surface area contributed by atoms with Gasteiger partial charge in [0.2, 0.25) is 0 Å². The van der Waals surface area contributed by atoms with E-state index in [1.165, 1.54) is 10.9 Å². The van der Waals surface area contributed by atoms with E-state index >= 15 is 0 Å². The maximum absolute atomic E-state index is 7.85. The fourth-order valence-corrected chi connectivity index (χ4v) is 2.72. The van der Waals surface area contributed by atoms with Gasteiger partial charge in [-0.1, -0.05) is 45.0 Å². The molecule has 19 heavy (non-hydrogen) atoms. The third-order valence-electron chi connectivity index (χ3n) is 3.61.